The van der Waals surface area contributed by atoms with Crippen LogP contribution in [0.1, 0.15) is 27.6 Å². The summed E-state index contributed by atoms with van der Waals surface area (Å²) >= 11 is 12.4. The van der Waals surface area contributed by atoms with E-state index in [1.165, 1.54) is 12.1 Å². The molecule has 0 unspecified atom stereocenters. The van der Waals surface area contributed by atoms with Gasteiger partial charge in [-0.15, -0.1) is 0 Å². The Balaban J connectivity index is 1.43. The van der Waals surface area contributed by atoms with Crippen molar-refractivity contribution in [2.24, 2.45) is 0 Å². The summed E-state index contributed by atoms with van der Waals surface area (Å²) in [6.45, 7) is 1.30. The molecule has 0 radical (unpaired) electrons. The first kappa shape index (κ1) is 25.5. The predicted molar refractivity (Wildman–Crippen MR) is 120 cm³/mol. The van der Waals surface area contributed by atoms with Gasteiger partial charge in [-0.05, 0) is 31.2 Å². The number of aryl methyl sites for hydroxylation is 1. The van der Waals surface area contributed by atoms with E-state index >= 15 is 0 Å². The van der Waals surface area contributed by atoms with Crippen molar-refractivity contribution in [1.29, 1.82) is 0 Å². The van der Waals surface area contributed by atoms with Gasteiger partial charge in [-0.3, -0.25) is 9.48 Å². The van der Waals surface area contributed by atoms with E-state index in [1.54, 1.807) is 35.9 Å². The highest BCUT2D eigenvalue weighted by atomic mass is 35.5. The molecule has 0 aliphatic rings. The first-order valence-corrected chi connectivity index (χ1v) is 10.8. The molecule has 0 aliphatic carbocycles. The minimum atomic E-state index is -2.30. The fourth-order valence-corrected chi connectivity index (χ4v) is 3.69. The molecule has 6 nitrogen and oxygen atoms in total. The number of carbonyl (C=O) groups is 1. The lowest BCUT2D eigenvalue weighted by Gasteiger charge is -2.09. The SMILES string of the molecule is Cc1cc(NC(=O)c2ccc(COc3c(F)c(F)c(F)c(F)c3F)o2)nn1Cc1c(Cl)cccc1Cl. The van der Waals surface area contributed by atoms with Crippen molar-refractivity contribution >= 4 is 34.9 Å². The standard InChI is InChI=1S/C23H14Cl2F5N3O3/c1-10-7-16(32-33(10)8-12-13(24)3-2-4-14(12)25)31-23(34)15-6-5-11(36-15)9-35-22-20(29)18(27)17(26)19(28)21(22)30/h2-7H,8-9H2,1H3,(H,31,32,34). The zero-order valence-electron chi connectivity index (χ0n) is 18.1. The van der Waals surface area contributed by atoms with Crippen molar-refractivity contribution in [3.8, 4) is 5.75 Å². The number of rotatable bonds is 7. The van der Waals surface area contributed by atoms with Crippen molar-refractivity contribution in [3.63, 3.8) is 0 Å². The van der Waals surface area contributed by atoms with E-state index in [0.29, 0.717) is 21.3 Å². The van der Waals surface area contributed by atoms with E-state index in [0.717, 1.165) is 0 Å². The van der Waals surface area contributed by atoms with Crippen LogP contribution in [0.2, 0.25) is 10.0 Å². The number of hydrogen-bond acceptors (Lipinski definition) is 4. The molecule has 2 aromatic heterocycles. The van der Waals surface area contributed by atoms with Crippen LogP contribution in [-0.2, 0) is 13.2 Å². The van der Waals surface area contributed by atoms with E-state index in [9.17, 15) is 26.7 Å². The average molecular weight is 546 g/mol. The minimum absolute atomic E-state index is 0.112. The number of nitrogens with one attached hydrogen (secondary N) is 1. The molecule has 0 aliphatic heterocycles. The molecule has 188 valence electrons. The van der Waals surface area contributed by atoms with Gasteiger partial charge in [0.15, 0.2) is 17.3 Å². The summed E-state index contributed by atoms with van der Waals surface area (Å²) in [5, 5.41) is 7.74. The Labute approximate surface area is 210 Å². The normalized spacial score (nSPS) is 11.1. The van der Waals surface area contributed by atoms with Crippen molar-refractivity contribution in [2.45, 2.75) is 20.1 Å². The van der Waals surface area contributed by atoms with Crippen molar-refractivity contribution in [3.05, 3.63) is 98.3 Å². The maximum Gasteiger partial charge on any atom is 0.292 e. The molecule has 2 heterocycles. The second kappa shape index (κ2) is 10.2. The van der Waals surface area contributed by atoms with Crippen molar-refractivity contribution in [2.75, 3.05) is 5.32 Å². The Morgan fingerprint density at radius 1 is 1.00 bits per heavy atom. The number of benzene rings is 2. The Bertz CT molecular complexity index is 1420. The van der Waals surface area contributed by atoms with Crippen LogP contribution >= 0.6 is 23.2 Å². The molecule has 36 heavy (non-hydrogen) atoms. The summed E-state index contributed by atoms with van der Waals surface area (Å²) < 4.78 is 78.8. The van der Waals surface area contributed by atoms with Crippen LogP contribution in [0.25, 0.3) is 0 Å². The predicted octanol–water partition coefficient (Wildman–Crippen LogP) is 6.67. The van der Waals surface area contributed by atoms with Crippen molar-refractivity contribution in [1.82, 2.24) is 9.78 Å². The molecular weight excluding hydrogens is 532 g/mol. The zero-order chi connectivity index (χ0) is 26.1. The molecule has 4 aromatic rings. The molecule has 1 N–H and O–H groups in total. The fraction of sp³-hybridized carbons (Fsp3) is 0.130. The van der Waals surface area contributed by atoms with Gasteiger partial charge in [0, 0.05) is 27.4 Å². The van der Waals surface area contributed by atoms with Gasteiger partial charge in [-0.1, -0.05) is 29.3 Å². The van der Waals surface area contributed by atoms with E-state index < -0.39 is 47.3 Å². The van der Waals surface area contributed by atoms with Crippen LogP contribution in [0.4, 0.5) is 27.8 Å². The number of aromatic nitrogens is 2. The highest BCUT2D eigenvalue weighted by Crippen LogP contribution is 2.30. The number of anilines is 1. The number of ether oxygens (including phenoxy) is 1. The van der Waals surface area contributed by atoms with Crippen LogP contribution in [0, 0.1) is 36.0 Å². The molecule has 0 fully saturated rings. The molecule has 2 aromatic carbocycles. The van der Waals surface area contributed by atoms with Gasteiger partial charge in [-0.2, -0.15) is 13.9 Å². The van der Waals surface area contributed by atoms with Crippen LogP contribution < -0.4 is 10.1 Å². The van der Waals surface area contributed by atoms with Crippen LogP contribution in [0.15, 0.2) is 40.8 Å². The molecule has 0 bridgehead atoms. The number of halogens is 7. The number of nitrogens with zero attached hydrogens (tertiary/aromatic N) is 2. The maximum absolute atomic E-state index is 13.7. The van der Waals surface area contributed by atoms with E-state index in [-0.39, 0.29) is 23.9 Å². The van der Waals surface area contributed by atoms with Gasteiger partial charge >= 0.3 is 0 Å². The quantitative estimate of drug-likeness (QED) is 0.160. The molecule has 1 amide bonds. The Morgan fingerprint density at radius 3 is 2.25 bits per heavy atom. The first-order chi connectivity index (χ1) is 17.1. The monoisotopic (exact) mass is 545 g/mol. The lowest BCUT2D eigenvalue weighted by Crippen LogP contribution is -2.12. The van der Waals surface area contributed by atoms with Gasteiger partial charge in [0.25, 0.3) is 5.91 Å². The second-order valence-corrected chi connectivity index (χ2v) is 8.25. The number of hydrogen-bond donors (Lipinski definition) is 1. The number of carbonyl (C=O) groups excluding carboxylic acids is 1. The van der Waals surface area contributed by atoms with Gasteiger partial charge in [0.2, 0.25) is 29.1 Å². The van der Waals surface area contributed by atoms with E-state index in [4.69, 9.17) is 32.4 Å². The molecular formula is C23H14Cl2F5N3O3. The summed E-state index contributed by atoms with van der Waals surface area (Å²) in [4.78, 5) is 12.5. The zero-order valence-corrected chi connectivity index (χ0v) is 19.7. The van der Waals surface area contributed by atoms with Crippen LogP contribution in [0.3, 0.4) is 0 Å². The van der Waals surface area contributed by atoms with Gasteiger partial charge in [0.1, 0.15) is 12.4 Å². The van der Waals surface area contributed by atoms with Crippen LogP contribution in [0.5, 0.6) is 5.75 Å². The minimum Gasteiger partial charge on any atom is -0.479 e. The third-order valence-electron chi connectivity index (χ3n) is 5.01. The topological polar surface area (TPSA) is 69.3 Å². The average Bonchev–Trinajstić information content (AvgIpc) is 3.45. The molecule has 0 spiro atoms. The lowest BCUT2D eigenvalue weighted by molar-refractivity contribution is 0.0991. The van der Waals surface area contributed by atoms with E-state index in [1.807, 2.05) is 0 Å². The number of furan rings is 1. The summed E-state index contributed by atoms with van der Waals surface area (Å²) in [5.74, 6) is -13.2. The summed E-state index contributed by atoms with van der Waals surface area (Å²) in [6, 6.07) is 9.16. The van der Waals surface area contributed by atoms with Gasteiger partial charge in [0.05, 0.1) is 6.54 Å². The largest absolute Gasteiger partial charge is 0.479 e. The third kappa shape index (κ3) is 5.02. The molecule has 0 saturated heterocycles. The van der Waals surface area contributed by atoms with Gasteiger partial charge in [-0.25, -0.2) is 13.2 Å². The highest BCUT2D eigenvalue weighted by Gasteiger charge is 2.27. The fourth-order valence-electron chi connectivity index (χ4n) is 3.17. The Morgan fingerprint density at radius 2 is 1.61 bits per heavy atom. The highest BCUT2D eigenvalue weighted by molar-refractivity contribution is 6.35. The molecule has 4 rings (SSSR count). The summed E-state index contributed by atoms with van der Waals surface area (Å²) in [7, 11) is 0. The maximum atomic E-state index is 13.7. The Kier molecular flexibility index (Phi) is 7.23. The summed E-state index contributed by atoms with van der Waals surface area (Å²) in [6.07, 6.45) is 0. The number of amides is 1. The smallest absolute Gasteiger partial charge is 0.292 e. The molecule has 0 saturated carbocycles. The molecule has 0 atom stereocenters. The summed E-state index contributed by atoms with van der Waals surface area (Å²) in [5.41, 5.74) is 1.34. The molecule has 13 heteroatoms. The first-order valence-electron chi connectivity index (χ1n) is 10.1. The van der Waals surface area contributed by atoms with E-state index in [2.05, 4.69) is 10.4 Å². The van der Waals surface area contributed by atoms with Crippen molar-refractivity contribution < 1.29 is 35.9 Å². The second-order valence-electron chi connectivity index (χ2n) is 7.44. The Hall–Kier alpha value is -3.57. The van der Waals surface area contributed by atoms with Gasteiger partial charge < -0.3 is 14.5 Å². The lowest BCUT2D eigenvalue weighted by atomic mass is 10.2. The van der Waals surface area contributed by atoms with Crippen LogP contribution in [-0.4, -0.2) is 15.7 Å². The third-order valence-corrected chi connectivity index (χ3v) is 5.71.